The zero-order valence-electron chi connectivity index (χ0n) is 31.4. The maximum atomic E-state index is 6.80. The van der Waals surface area contributed by atoms with E-state index in [-0.39, 0.29) is 41.9 Å². The summed E-state index contributed by atoms with van der Waals surface area (Å²) in [5, 5.41) is 0.686. The van der Waals surface area contributed by atoms with E-state index in [1.165, 1.54) is 173 Å². The molecule has 3 aromatic rings. The third-order valence-corrected chi connectivity index (χ3v) is 12.5. The summed E-state index contributed by atoms with van der Waals surface area (Å²) >= 11 is 6.80. The fourth-order valence-corrected chi connectivity index (χ4v) is 10.0. The van der Waals surface area contributed by atoms with E-state index in [4.69, 9.17) is 26.6 Å². The maximum absolute atomic E-state index is 6.80. The van der Waals surface area contributed by atoms with Crippen LogP contribution in [-0.2, 0) is 17.1 Å². The van der Waals surface area contributed by atoms with Crippen molar-refractivity contribution in [1.29, 1.82) is 0 Å². The van der Waals surface area contributed by atoms with Crippen LogP contribution in [0.4, 0.5) is 11.4 Å². The number of benzene rings is 2. The van der Waals surface area contributed by atoms with Crippen LogP contribution in [0.1, 0.15) is 197 Å². The molecule has 0 saturated heterocycles. The topological polar surface area (TPSA) is 37.6 Å². The zero-order valence-corrected chi connectivity index (χ0v) is 34.8. The predicted molar refractivity (Wildman–Crippen MR) is 209 cm³/mol. The van der Waals surface area contributed by atoms with Gasteiger partial charge in [0.05, 0.1) is 35.2 Å². The third-order valence-electron chi connectivity index (χ3n) is 12.3. The van der Waals surface area contributed by atoms with Crippen LogP contribution in [0.2, 0.25) is 5.02 Å². The standard InChI is InChI=1S/C45H58ClN3.2ClH.Fe/c1-31-23-40(33-15-7-3-8-16-33)44(41(24-31)34-17-9-4-10-18-34)47-29-38-27-37(46)28-39(49-38)30-48-45-42(35-19-11-5-12-20-35)25-32(2)26-43(45)36-21-13-6-14-22-36;;;/h23-30,33-36H,3-22H2,1-2H3;2*1H;/q;;;+2/p-2. The van der Waals surface area contributed by atoms with Crippen molar-refractivity contribution in [2.75, 3.05) is 0 Å². The second-order valence-electron chi connectivity index (χ2n) is 16.1. The third kappa shape index (κ3) is 10.8. The quantitative estimate of drug-likeness (QED) is 0.168. The summed E-state index contributed by atoms with van der Waals surface area (Å²) in [5.41, 5.74) is 12.7. The van der Waals surface area contributed by atoms with Crippen molar-refractivity contribution < 1.29 is 41.9 Å². The van der Waals surface area contributed by atoms with Gasteiger partial charge in [0, 0.05) is 5.02 Å². The molecule has 0 aliphatic heterocycles. The number of pyridine rings is 1. The molecule has 7 heteroatoms. The molecule has 4 aliphatic carbocycles. The van der Waals surface area contributed by atoms with Gasteiger partial charge < -0.3 is 24.8 Å². The Morgan fingerprint density at radius 2 is 0.750 bits per heavy atom. The molecule has 2 aromatic carbocycles. The van der Waals surface area contributed by atoms with Crippen molar-refractivity contribution in [2.45, 2.75) is 166 Å². The SMILES string of the molecule is Cc1cc(C2CCCCC2)c(N=Cc2cc(Cl)cc(C=Nc3c(C4CCCCC4)cc(C)cc3C3CCCCC3)n2)c(C2CCCCC2)c1.[Cl-].[Cl-].[Fe+2]. The number of nitrogens with zero attached hydrogens (tertiary/aromatic N) is 3. The fraction of sp³-hybridized carbons (Fsp3) is 0.578. The van der Waals surface area contributed by atoms with Crippen LogP contribution in [-0.4, -0.2) is 17.4 Å². The molecule has 1 aromatic heterocycles. The normalized spacial score (nSPS) is 19.7. The van der Waals surface area contributed by atoms with Gasteiger partial charge in [-0.1, -0.05) is 124 Å². The molecular weight excluding hydrogens is 745 g/mol. The summed E-state index contributed by atoms with van der Waals surface area (Å²) in [6, 6.07) is 13.7. The number of halogens is 3. The van der Waals surface area contributed by atoms with Crippen LogP contribution in [0.15, 0.2) is 46.4 Å². The van der Waals surface area contributed by atoms with Crippen molar-refractivity contribution in [2.24, 2.45) is 9.98 Å². The average Bonchev–Trinajstić information content (AvgIpc) is 3.14. The van der Waals surface area contributed by atoms with Gasteiger partial charge in [0.2, 0.25) is 0 Å². The Labute approximate surface area is 342 Å². The second-order valence-corrected chi connectivity index (χ2v) is 16.5. The van der Waals surface area contributed by atoms with Crippen molar-refractivity contribution in [1.82, 2.24) is 4.98 Å². The first kappa shape index (κ1) is 43.1. The summed E-state index contributed by atoms with van der Waals surface area (Å²) in [7, 11) is 0. The molecule has 0 N–H and O–H groups in total. The smallest absolute Gasteiger partial charge is 1.00 e. The van der Waals surface area contributed by atoms with Gasteiger partial charge in [-0.3, -0.25) is 9.98 Å². The molecule has 282 valence electrons. The van der Waals surface area contributed by atoms with Crippen molar-refractivity contribution in [3.05, 3.63) is 86.2 Å². The Morgan fingerprint density at radius 3 is 1.02 bits per heavy atom. The van der Waals surface area contributed by atoms with Gasteiger partial charge in [-0.05, 0) is 123 Å². The van der Waals surface area contributed by atoms with E-state index in [1.807, 2.05) is 24.6 Å². The van der Waals surface area contributed by atoms with E-state index in [2.05, 4.69) is 38.1 Å². The average molecular weight is 803 g/mol. The minimum atomic E-state index is 0. The van der Waals surface area contributed by atoms with Gasteiger partial charge in [0.15, 0.2) is 0 Å². The summed E-state index contributed by atoms with van der Waals surface area (Å²) in [5.74, 6) is 2.41. The molecule has 0 bridgehead atoms. The Bertz CT molecular complexity index is 1450. The molecule has 4 fully saturated rings. The Kier molecular flexibility index (Phi) is 17.3. The summed E-state index contributed by atoms with van der Waals surface area (Å²) in [4.78, 5) is 15.8. The summed E-state index contributed by atoms with van der Waals surface area (Å²) in [6.45, 7) is 4.56. The number of aryl methyl sites for hydroxylation is 2. The van der Waals surface area contributed by atoms with Crippen LogP contribution in [0, 0.1) is 13.8 Å². The number of hydrogen-bond acceptors (Lipinski definition) is 3. The molecule has 7 rings (SSSR count). The van der Waals surface area contributed by atoms with Gasteiger partial charge in [0.1, 0.15) is 0 Å². The summed E-state index contributed by atoms with van der Waals surface area (Å²) in [6.07, 6.45) is 30.2. The minimum Gasteiger partial charge on any atom is -1.00 e. The number of hydrogen-bond donors (Lipinski definition) is 0. The number of rotatable bonds is 8. The molecule has 0 radical (unpaired) electrons. The van der Waals surface area contributed by atoms with Crippen molar-refractivity contribution >= 4 is 35.4 Å². The molecule has 0 amide bonds. The molecule has 0 spiro atoms. The predicted octanol–water partition coefficient (Wildman–Crippen LogP) is 8.05. The van der Waals surface area contributed by atoms with Crippen molar-refractivity contribution in [3.8, 4) is 0 Å². The molecule has 0 atom stereocenters. The Balaban J connectivity index is 0.00000202. The molecule has 0 unspecified atom stereocenters. The van der Waals surface area contributed by atoms with Crippen molar-refractivity contribution in [3.63, 3.8) is 0 Å². The first-order valence-corrected chi connectivity index (χ1v) is 20.4. The Morgan fingerprint density at radius 1 is 0.481 bits per heavy atom. The fourth-order valence-electron chi connectivity index (χ4n) is 9.80. The number of aromatic nitrogens is 1. The first-order chi connectivity index (χ1) is 24.0. The molecule has 4 saturated carbocycles. The van der Waals surface area contributed by atoms with Gasteiger partial charge in [0.25, 0.3) is 0 Å². The van der Waals surface area contributed by atoms with Crippen LogP contribution >= 0.6 is 11.6 Å². The molecule has 1 heterocycles. The van der Waals surface area contributed by atoms with E-state index in [0.717, 1.165) is 11.4 Å². The summed E-state index contributed by atoms with van der Waals surface area (Å²) < 4.78 is 0. The first-order valence-electron chi connectivity index (χ1n) is 20.1. The van der Waals surface area contributed by atoms with Gasteiger partial charge in [-0.25, -0.2) is 4.98 Å². The van der Waals surface area contributed by atoms with Crippen LogP contribution in [0.5, 0.6) is 0 Å². The molecule has 52 heavy (non-hydrogen) atoms. The monoisotopic (exact) mass is 801 g/mol. The minimum absolute atomic E-state index is 0. The molecule has 3 nitrogen and oxygen atoms in total. The Hall–Kier alpha value is -1.68. The van der Waals surface area contributed by atoms with E-state index >= 15 is 0 Å². The number of aliphatic imine (C=N–C) groups is 2. The van der Waals surface area contributed by atoms with Crippen LogP contribution < -0.4 is 24.8 Å². The maximum Gasteiger partial charge on any atom is 2.00 e. The van der Waals surface area contributed by atoms with Gasteiger partial charge in [-0.15, -0.1) is 0 Å². The van der Waals surface area contributed by atoms with Gasteiger partial charge >= 0.3 is 17.1 Å². The second kappa shape index (κ2) is 20.8. The van der Waals surface area contributed by atoms with Crippen LogP contribution in [0.3, 0.4) is 0 Å². The van der Waals surface area contributed by atoms with E-state index in [9.17, 15) is 0 Å². The van der Waals surface area contributed by atoms with E-state index < -0.39 is 0 Å². The van der Waals surface area contributed by atoms with Crippen LogP contribution in [0.25, 0.3) is 0 Å². The van der Waals surface area contributed by atoms with E-state index in [1.54, 1.807) is 0 Å². The largest absolute Gasteiger partial charge is 2.00 e. The molecular formula is C45H58Cl3FeN3. The molecule has 4 aliphatic rings. The van der Waals surface area contributed by atoms with E-state index in [0.29, 0.717) is 28.7 Å². The zero-order chi connectivity index (χ0) is 33.6. The van der Waals surface area contributed by atoms with Gasteiger partial charge in [-0.2, -0.15) is 0 Å².